The van der Waals surface area contributed by atoms with Gasteiger partial charge < -0.3 is 10.3 Å². The summed E-state index contributed by atoms with van der Waals surface area (Å²) in [6, 6.07) is 0. The third-order valence-corrected chi connectivity index (χ3v) is 7.07. The van der Waals surface area contributed by atoms with Gasteiger partial charge in [-0.2, -0.15) is 0 Å². The van der Waals surface area contributed by atoms with Crippen molar-refractivity contribution in [3.05, 3.63) is 26.6 Å². The van der Waals surface area contributed by atoms with Crippen LogP contribution in [0.5, 0.6) is 0 Å². The minimum Gasteiger partial charge on any atom is -0.355 e. The molecule has 0 radical (unpaired) electrons. The number of carbonyl (C=O) groups is 1. The zero-order valence-electron chi connectivity index (χ0n) is 15.7. The Balaban J connectivity index is 1.64. The van der Waals surface area contributed by atoms with E-state index < -0.39 is 0 Å². The molecule has 1 aliphatic carbocycles. The average Bonchev–Trinajstić information content (AvgIpc) is 2.98. The first-order valence-corrected chi connectivity index (χ1v) is 11.2. The molecule has 1 amide bonds. The number of thioether (sulfide) groups is 1. The largest absolute Gasteiger partial charge is 0.355 e. The number of nitrogens with one attached hydrogen (secondary N) is 2. The van der Waals surface area contributed by atoms with E-state index in [1.165, 1.54) is 28.6 Å². The fourth-order valence-electron chi connectivity index (χ4n) is 3.18. The Morgan fingerprint density at radius 1 is 1.31 bits per heavy atom. The predicted octanol–water partition coefficient (Wildman–Crippen LogP) is 3.65. The highest BCUT2D eigenvalue weighted by atomic mass is 32.2. The van der Waals surface area contributed by atoms with E-state index in [0.717, 1.165) is 35.9 Å². The molecule has 0 bridgehead atoms. The lowest BCUT2D eigenvalue weighted by Crippen LogP contribution is -2.32. The van der Waals surface area contributed by atoms with Crippen molar-refractivity contribution >= 4 is 39.2 Å². The van der Waals surface area contributed by atoms with E-state index in [0.29, 0.717) is 24.0 Å². The van der Waals surface area contributed by atoms with Gasteiger partial charge >= 0.3 is 0 Å². The third-order valence-electron chi connectivity index (χ3n) is 4.73. The standard InChI is InChI=1S/C19H27N3O2S2/c1-11(2)8-9-20-17(23)12(3)25-10-15-21-18(24)16-13-6-4-5-7-14(13)26-19(16)22-15/h11-12H,4-10H2,1-3H3,(H,20,23)(H,21,22,24). The summed E-state index contributed by atoms with van der Waals surface area (Å²) in [4.78, 5) is 34.4. The van der Waals surface area contributed by atoms with Crippen molar-refractivity contribution in [3.63, 3.8) is 0 Å². The molecule has 2 aromatic heterocycles. The SMILES string of the molecule is CC(C)CCNC(=O)C(C)SCc1nc2sc3c(c2c(=O)[nH]1)CCCC3. The number of hydrogen-bond acceptors (Lipinski definition) is 5. The molecule has 0 spiro atoms. The number of amides is 1. The van der Waals surface area contributed by atoms with Crippen molar-refractivity contribution in [2.75, 3.05) is 6.54 Å². The molecule has 142 valence electrons. The molecule has 7 heteroatoms. The van der Waals surface area contributed by atoms with Gasteiger partial charge in [0, 0.05) is 11.4 Å². The summed E-state index contributed by atoms with van der Waals surface area (Å²) in [5, 5.41) is 3.60. The zero-order valence-corrected chi connectivity index (χ0v) is 17.3. The molecule has 0 saturated carbocycles. The van der Waals surface area contributed by atoms with Crippen LogP contribution in [0.15, 0.2) is 4.79 Å². The molecule has 1 aliphatic rings. The van der Waals surface area contributed by atoms with Gasteiger partial charge in [0.2, 0.25) is 5.91 Å². The van der Waals surface area contributed by atoms with Crippen molar-refractivity contribution < 1.29 is 4.79 Å². The molecule has 0 fully saturated rings. The van der Waals surface area contributed by atoms with E-state index in [2.05, 4.69) is 29.1 Å². The number of aryl methyl sites for hydroxylation is 2. The van der Waals surface area contributed by atoms with Gasteiger partial charge in [-0.15, -0.1) is 23.1 Å². The molecule has 0 saturated heterocycles. The normalized spacial score (nSPS) is 15.2. The molecular weight excluding hydrogens is 366 g/mol. The molecule has 3 rings (SSSR count). The highest BCUT2D eigenvalue weighted by molar-refractivity contribution is 7.99. The monoisotopic (exact) mass is 393 g/mol. The van der Waals surface area contributed by atoms with Crippen molar-refractivity contribution in [2.45, 2.75) is 63.9 Å². The molecule has 5 nitrogen and oxygen atoms in total. The summed E-state index contributed by atoms with van der Waals surface area (Å²) in [5.41, 5.74) is 1.18. The van der Waals surface area contributed by atoms with Gasteiger partial charge in [-0.1, -0.05) is 13.8 Å². The lowest BCUT2D eigenvalue weighted by Gasteiger charge is -2.12. The van der Waals surface area contributed by atoms with Crippen LogP contribution >= 0.6 is 23.1 Å². The van der Waals surface area contributed by atoms with Gasteiger partial charge in [0.05, 0.1) is 16.4 Å². The van der Waals surface area contributed by atoms with Gasteiger partial charge in [-0.3, -0.25) is 9.59 Å². The summed E-state index contributed by atoms with van der Waals surface area (Å²) >= 11 is 3.17. The number of rotatable bonds is 7. The molecule has 2 N–H and O–H groups in total. The Morgan fingerprint density at radius 3 is 2.85 bits per heavy atom. The first kappa shape index (κ1) is 19.4. The zero-order chi connectivity index (χ0) is 18.7. The molecule has 0 aromatic carbocycles. The third kappa shape index (κ3) is 4.49. The predicted molar refractivity (Wildman–Crippen MR) is 110 cm³/mol. The highest BCUT2D eigenvalue weighted by Gasteiger charge is 2.20. The number of H-pyrrole nitrogens is 1. The number of carbonyl (C=O) groups excluding carboxylic acids is 1. The van der Waals surface area contributed by atoms with Gasteiger partial charge in [0.1, 0.15) is 10.7 Å². The second kappa shape index (κ2) is 8.57. The lowest BCUT2D eigenvalue weighted by atomic mass is 9.97. The molecule has 0 aliphatic heterocycles. The van der Waals surface area contributed by atoms with E-state index >= 15 is 0 Å². The second-order valence-electron chi connectivity index (χ2n) is 7.33. The number of thiophene rings is 1. The van der Waals surface area contributed by atoms with Crippen molar-refractivity contribution in [3.8, 4) is 0 Å². The van der Waals surface area contributed by atoms with Crippen LogP contribution in [-0.2, 0) is 23.4 Å². The van der Waals surface area contributed by atoms with E-state index in [1.807, 2.05) is 6.92 Å². The van der Waals surface area contributed by atoms with Gasteiger partial charge in [0.25, 0.3) is 5.56 Å². The first-order chi connectivity index (χ1) is 12.5. The minimum atomic E-state index is -0.167. The Hall–Kier alpha value is -1.34. The lowest BCUT2D eigenvalue weighted by molar-refractivity contribution is -0.120. The molecule has 2 aromatic rings. The number of nitrogens with zero attached hydrogens (tertiary/aromatic N) is 1. The Bertz CT molecular complexity index is 841. The quantitative estimate of drug-likeness (QED) is 0.753. The topological polar surface area (TPSA) is 74.8 Å². The Labute approximate surface area is 162 Å². The van der Waals surface area contributed by atoms with Crippen LogP contribution in [0.25, 0.3) is 10.2 Å². The second-order valence-corrected chi connectivity index (χ2v) is 9.74. The first-order valence-electron chi connectivity index (χ1n) is 9.38. The van der Waals surface area contributed by atoms with Crippen LogP contribution in [-0.4, -0.2) is 27.7 Å². The summed E-state index contributed by atoms with van der Waals surface area (Å²) in [6.07, 6.45) is 5.39. The van der Waals surface area contributed by atoms with Crippen molar-refractivity contribution in [2.24, 2.45) is 5.92 Å². The minimum absolute atomic E-state index is 0.0287. The molecule has 1 atom stereocenters. The fourth-order valence-corrected chi connectivity index (χ4v) is 5.24. The fraction of sp³-hybridized carbons (Fsp3) is 0.632. The Morgan fingerprint density at radius 2 is 2.08 bits per heavy atom. The summed E-state index contributed by atoms with van der Waals surface area (Å²) in [5.74, 6) is 1.82. The van der Waals surface area contributed by atoms with E-state index in [4.69, 9.17) is 0 Å². The smallest absolute Gasteiger partial charge is 0.259 e. The number of fused-ring (bicyclic) bond motifs is 3. The van der Waals surface area contributed by atoms with Gasteiger partial charge in [-0.05, 0) is 50.5 Å². The summed E-state index contributed by atoms with van der Waals surface area (Å²) in [7, 11) is 0. The van der Waals surface area contributed by atoms with Crippen LogP contribution in [0.1, 0.15) is 56.3 Å². The average molecular weight is 394 g/mol. The van der Waals surface area contributed by atoms with Crippen molar-refractivity contribution in [1.82, 2.24) is 15.3 Å². The van der Waals surface area contributed by atoms with E-state index in [-0.39, 0.29) is 16.7 Å². The molecule has 1 unspecified atom stereocenters. The van der Waals surface area contributed by atoms with Crippen LogP contribution in [0, 0.1) is 5.92 Å². The highest BCUT2D eigenvalue weighted by Crippen LogP contribution is 2.33. The van der Waals surface area contributed by atoms with Crippen LogP contribution in [0.4, 0.5) is 0 Å². The van der Waals surface area contributed by atoms with Gasteiger partial charge in [0.15, 0.2) is 0 Å². The Kier molecular flexibility index (Phi) is 6.40. The summed E-state index contributed by atoms with van der Waals surface area (Å²) < 4.78 is 0. The maximum absolute atomic E-state index is 12.5. The van der Waals surface area contributed by atoms with Crippen LogP contribution in [0.3, 0.4) is 0 Å². The van der Waals surface area contributed by atoms with E-state index in [1.54, 1.807) is 11.3 Å². The van der Waals surface area contributed by atoms with Gasteiger partial charge in [-0.25, -0.2) is 4.98 Å². The van der Waals surface area contributed by atoms with Crippen LogP contribution < -0.4 is 10.9 Å². The maximum atomic E-state index is 12.5. The number of hydrogen-bond donors (Lipinski definition) is 2. The van der Waals surface area contributed by atoms with E-state index in [9.17, 15) is 9.59 Å². The maximum Gasteiger partial charge on any atom is 0.259 e. The van der Waals surface area contributed by atoms with Crippen LogP contribution in [0.2, 0.25) is 0 Å². The number of aromatic nitrogens is 2. The number of aromatic amines is 1. The molecular formula is C19H27N3O2S2. The molecule has 2 heterocycles. The molecule has 26 heavy (non-hydrogen) atoms. The summed E-state index contributed by atoms with van der Waals surface area (Å²) in [6.45, 7) is 6.90. The van der Waals surface area contributed by atoms with Crippen molar-refractivity contribution in [1.29, 1.82) is 0 Å².